The standard InChI is InChI=1S/C21H25N5O/c1-24-17-8-3-2-7-16(17)23-21(24)18-9-6-11-25(18)14-15-13-20(27)26-12-5-4-10-19(26)22-15/h4-5,10,12-13,18H,2-3,6-9,11,14H2,1H3/t18-/m1/s1. The average molecular weight is 363 g/mol. The third kappa shape index (κ3) is 2.88. The first kappa shape index (κ1) is 16.7. The molecule has 6 heteroatoms. The number of hydrogen-bond acceptors (Lipinski definition) is 4. The Bertz CT molecular complexity index is 1050. The molecule has 4 heterocycles. The number of hydrogen-bond donors (Lipinski definition) is 0. The highest BCUT2D eigenvalue weighted by Crippen LogP contribution is 2.34. The molecular weight excluding hydrogens is 338 g/mol. The van der Waals surface area contributed by atoms with Crippen molar-refractivity contribution in [1.29, 1.82) is 0 Å². The lowest BCUT2D eigenvalue weighted by Gasteiger charge is -2.24. The molecule has 3 aromatic rings. The van der Waals surface area contributed by atoms with Gasteiger partial charge in [0, 0.05) is 31.5 Å². The molecule has 1 aliphatic carbocycles. The third-order valence-corrected chi connectivity index (χ3v) is 6.06. The highest BCUT2D eigenvalue weighted by Gasteiger charge is 2.31. The number of aryl methyl sites for hydroxylation is 1. The maximum absolute atomic E-state index is 12.4. The Morgan fingerprint density at radius 3 is 2.93 bits per heavy atom. The van der Waals surface area contributed by atoms with Crippen LogP contribution < -0.4 is 5.56 Å². The second-order valence-electron chi connectivity index (χ2n) is 7.77. The van der Waals surface area contributed by atoms with Gasteiger partial charge in [-0.25, -0.2) is 9.97 Å². The minimum Gasteiger partial charge on any atom is -0.334 e. The molecule has 3 aromatic heterocycles. The zero-order valence-electron chi connectivity index (χ0n) is 15.8. The quantitative estimate of drug-likeness (QED) is 0.718. The molecule has 5 rings (SSSR count). The molecule has 0 saturated carbocycles. The smallest absolute Gasteiger partial charge is 0.258 e. The normalized spacial score (nSPS) is 20.3. The number of fused-ring (bicyclic) bond motifs is 2. The molecule has 1 fully saturated rings. The van der Waals surface area contributed by atoms with E-state index in [1.807, 2.05) is 18.2 Å². The predicted octanol–water partition coefficient (Wildman–Crippen LogP) is 2.64. The molecule has 0 unspecified atom stereocenters. The summed E-state index contributed by atoms with van der Waals surface area (Å²) in [4.78, 5) is 24.6. The first-order chi connectivity index (χ1) is 13.2. The van der Waals surface area contributed by atoms with Gasteiger partial charge in [0.05, 0.1) is 17.4 Å². The van der Waals surface area contributed by atoms with Gasteiger partial charge in [-0.15, -0.1) is 0 Å². The summed E-state index contributed by atoms with van der Waals surface area (Å²) in [6.45, 7) is 1.72. The van der Waals surface area contributed by atoms with E-state index in [0.29, 0.717) is 18.2 Å². The first-order valence-electron chi connectivity index (χ1n) is 9.96. The van der Waals surface area contributed by atoms with Crippen molar-refractivity contribution in [2.24, 2.45) is 7.05 Å². The molecule has 1 saturated heterocycles. The predicted molar refractivity (Wildman–Crippen MR) is 104 cm³/mol. The maximum Gasteiger partial charge on any atom is 0.258 e. The van der Waals surface area contributed by atoms with E-state index in [2.05, 4.69) is 16.5 Å². The SMILES string of the molecule is Cn1c([C@H]2CCCN2Cc2cc(=O)n3ccccc3n2)nc2c1CCCC2. The van der Waals surface area contributed by atoms with Crippen LogP contribution in [0.5, 0.6) is 0 Å². The van der Waals surface area contributed by atoms with Gasteiger partial charge in [-0.05, 0) is 57.2 Å². The lowest BCUT2D eigenvalue weighted by atomic mass is 10.0. The topological polar surface area (TPSA) is 55.4 Å². The van der Waals surface area contributed by atoms with Crippen molar-refractivity contribution in [2.45, 2.75) is 51.1 Å². The van der Waals surface area contributed by atoms with Gasteiger partial charge in [0.1, 0.15) is 11.5 Å². The molecule has 0 radical (unpaired) electrons. The summed E-state index contributed by atoms with van der Waals surface area (Å²) in [5.74, 6) is 1.19. The van der Waals surface area contributed by atoms with Gasteiger partial charge in [0.15, 0.2) is 0 Å². The second-order valence-corrected chi connectivity index (χ2v) is 7.77. The van der Waals surface area contributed by atoms with Gasteiger partial charge in [0.25, 0.3) is 5.56 Å². The number of nitrogens with zero attached hydrogens (tertiary/aromatic N) is 5. The number of aromatic nitrogens is 4. The van der Waals surface area contributed by atoms with Crippen LogP contribution in [0.1, 0.15) is 54.6 Å². The van der Waals surface area contributed by atoms with Crippen LogP contribution in [0.2, 0.25) is 0 Å². The van der Waals surface area contributed by atoms with Crippen molar-refractivity contribution in [3.05, 3.63) is 63.7 Å². The minimum absolute atomic E-state index is 0.0150. The monoisotopic (exact) mass is 363 g/mol. The van der Waals surface area contributed by atoms with Crippen LogP contribution in [0.25, 0.3) is 5.65 Å². The van der Waals surface area contributed by atoms with E-state index in [9.17, 15) is 4.79 Å². The summed E-state index contributed by atoms with van der Waals surface area (Å²) in [5, 5.41) is 0. The van der Waals surface area contributed by atoms with E-state index in [1.165, 1.54) is 30.1 Å². The van der Waals surface area contributed by atoms with Crippen molar-refractivity contribution in [3.63, 3.8) is 0 Å². The first-order valence-corrected chi connectivity index (χ1v) is 9.96. The Balaban J connectivity index is 1.46. The summed E-state index contributed by atoms with van der Waals surface area (Å²) < 4.78 is 3.93. The molecule has 0 spiro atoms. The number of rotatable bonds is 3. The van der Waals surface area contributed by atoms with E-state index in [1.54, 1.807) is 16.7 Å². The largest absolute Gasteiger partial charge is 0.334 e. The van der Waals surface area contributed by atoms with Gasteiger partial charge in [-0.1, -0.05) is 6.07 Å². The Hall–Kier alpha value is -2.47. The molecule has 0 amide bonds. The zero-order chi connectivity index (χ0) is 18.4. The van der Waals surface area contributed by atoms with Gasteiger partial charge in [-0.2, -0.15) is 0 Å². The summed E-state index contributed by atoms with van der Waals surface area (Å²) in [6.07, 6.45) is 8.83. The Morgan fingerprint density at radius 2 is 2.04 bits per heavy atom. The van der Waals surface area contributed by atoms with Gasteiger partial charge in [-0.3, -0.25) is 14.1 Å². The fourth-order valence-electron chi connectivity index (χ4n) is 4.70. The second kappa shape index (κ2) is 6.60. The van der Waals surface area contributed by atoms with Crippen molar-refractivity contribution in [3.8, 4) is 0 Å². The third-order valence-electron chi connectivity index (χ3n) is 6.06. The van der Waals surface area contributed by atoms with Crippen LogP contribution in [0.3, 0.4) is 0 Å². The molecular formula is C21H25N5O. The average Bonchev–Trinajstić information content (AvgIpc) is 3.26. The van der Waals surface area contributed by atoms with Crippen molar-refractivity contribution >= 4 is 5.65 Å². The van der Waals surface area contributed by atoms with Crippen LogP contribution in [-0.4, -0.2) is 30.4 Å². The number of imidazole rings is 1. The van der Waals surface area contributed by atoms with Crippen molar-refractivity contribution in [1.82, 2.24) is 23.8 Å². The van der Waals surface area contributed by atoms with Crippen LogP contribution in [-0.2, 0) is 26.4 Å². The van der Waals surface area contributed by atoms with Gasteiger partial charge < -0.3 is 4.57 Å². The molecule has 0 bridgehead atoms. The fourth-order valence-corrected chi connectivity index (χ4v) is 4.70. The Labute approximate surface area is 158 Å². The molecule has 1 aliphatic heterocycles. The summed E-state index contributed by atoms with van der Waals surface area (Å²) in [7, 11) is 2.17. The minimum atomic E-state index is -0.0150. The van der Waals surface area contributed by atoms with E-state index in [0.717, 1.165) is 37.9 Å². The van der Waals surface area contributed by atoms with Gasteiger partial charge in [0.2, 0.25) is 0 Å². The van der Waals surface area contributed by atoms with E-state index in [4.69, 9.17) is 9.97 Å². The highest BCUT2D eigenvalue weighted by molar-refractivity contribution is 5.38. The molecule has 2 aliphatic rings. The van der Waals surface area contributed by atoms with Crippen LogP contribution in [0.4, 0.5) is 0 Å². The van der Waals surface area contributed by atoms with Crippen LogP contribution >= 0.6 is 0 Å². The van der Waals surface area contributed by atoms with E-state index in [-0.39, 0.29) is 5.56 Å². The fraction of sp³-hybridized carbons (Fsp3) is 0.476. The van der Waals surface area contributed by atoms with Gasteiger partial charge >= 0.3 is 0 Å². The summed E-state index contributed by atoms with van der Waals surface area (Å²) >= 11 is 0. The lowest BCUT2D eigenvalue weighted by molar-refractivity contribution is 0.233. The van der Waals surface area contributed by atoms with Crippen LogP contribution in [0, 0.1) is 0 Å². The van der Waals surface area contributed by atoms with Crippen molar-refractivity contribution in [2.75, 3.05) is 6.54 Å². The highest BCUT2D eigenvalue weighted by atomic mass is 16.1. The zero-order valence-corrected chi connectivity index (χ0v) is 15.8. The Kier molecular flexibility index (Phi) is 4.08. The van der Waals surface area contributed by atoms with E-state index < -0.39 is 0 Å². The number of likely N-dealkylation sites (tertiary alicyclic amines) is 1. The molecule has 0 N–H and O–H groups in total. The lowest BCUT2D eigenvalue weighted by Crippen LogP contribution is -2.27. The Morgan fingerprint density at radius 1 is 1.15 bits per heavy atom. The summed E-state index contributed by atoms with van der Waals surface area (Å²) in [5.41, 5.74) is 4.26. The molecule has 6 nitrogen and oxygen atoms in total. The molecule has 1 atom stereocenters. The molecule has 140 valence electrons. The number of pyridine rings is 1. The molecule has 0 aromatic carbocycles. The van der Waals surface area contributed by atoms with E-state index >= 15 is 0 Å². The maximum atomic E-state index is 12.4. The molecule has 27 heavy (non-hydrogen) atoms. The van der Waals surface area contributed by atoms with Crippen molar-refractivity contribution < 1.29 is 0 Å². The van der Waals surface area contributed by atoms with Crippen LogP contribution in [0.15, 0.2) is 35.3 Å². The summed E-state index contributed by atoms with van der Waals surface area (Å²) in [6, 6.07) is 7.65.